The summed E-state index contributed by atoms with van der Waals surface area (Å²) in [6.07, 6.45) is 0. The molecule has 2 N–H and O–H groups in total. The first-order chi connectivity index (χ1) is 14.1. The molecule has 0 saturated carbocycles. The fourth-order valence-electron chi connectivity index (χ4n) is 3.05. The van der Waals surface area contributed by atoms with E-state index < -0.39 is 5.97 Å². The van der Waals surface area contributed by atoms with Gasteiger partial charge >= 0.3 is 5.97 Å². The molecule has 0 unspecified atom stereocenters. The van der Waals surface area contributed by atoms with E-state index in [0.717, 1.165) is 22.4 Å². The van der Waals surface area contributed by atoms with E-state index in [-0.39, 0.29) is 5.56 Å². The summed E-state index contributed by atoms with van der Waals surface area (Å²) >= 11 is 0. The third-order valence-electron chi connectivity index (χ3n) is 4.53. The number of aryl methyl sites for hydroxylation is 1. The fourth-order valence-corrected chi connectivity index (χ4v) is 3.05. The maximum atomic E-state index is 11.1. The van der Waals surface area contributed by atoms with Crippen LogP contribution in [-0.4, -0.2) is 17.7 Å². The van der Waals surface area contributed by atoms with Gasteiger partial charge in [-0.2, -0.15) is 0 Å². The van der Waals surface area contributed by atoms with Gasteiger partial charge in [0.25, 0.3) is 0 Å². The topological polar surface area (TPSA) is 67.8 Å². The normalized spacial score (nSPS) is 10.4. The zero-order valence-corrected chi connectivity index (χ0v) is 16.6. The summed E-state index contributed by atoms with van der Waals surface area (Å²) in [6.45, 7) is 5.36. The van der Waals surface area contributed by atoms with Gasteiger partial charge in [0.15, 0.2) is 11.5 Å². The van der Waals surface area contributed by atoms with Gasteiger partial charge in [-0.3, -0.25) is 0 Å². The number of carboxylic acid groups (broad SMARTS) is 1. The molecule has 0 radical (unpaired) electrons. The van der Waals surface area contributed by atoms with Crippen LogP contribution in [0.4, 0.5) is 5.69 Å². The van der Waals surface area contributed by atoms with Crippen molar-refractivity contribution in [3.63, 3.8) is 0 Å². The molecule has 0 spiro atoms. The van der Waals surface area contributed by atoms with Crippen LogP contribution in [0.1, 0.15) is 34.0 Å². The van der Waals surface area contributed by atoms with Crippen molar-refractivity contribution in [3.05, 3.63) is 89.0 Å². The van der Waals surface area contributed by atoms with Crippen molar-refractivity contribution in [1.29, 1.82) is 0 Å². The molecule has 150 valence electrons. The summed E-state index contributed by atoms with van der Waals surface area (Å²) in [5.41, 5.74) is 4.08. The number of benzene rings is 3. The van der Waals surface area contributed by atoms with Crippen LogP contribution in [0, 0.1) is 6.92 Å². The number of anilines is 1. The van der Waals surface area contributed by atoms with Crippen LogP contribution in [0.5, 0.6) is 11.5 Å². The van der Waals surface area contributed by atoms with Crippen molar-refractivity contribution >= 4 is 11.7 Å². The SMILES string of the molecule is CCOc1cccc(CNc2ccc(C(=O)O)cc2C)c1OCc1ccccc1. The van der Waals surface area contributed by atoms with Crippen LogP contribution < -0.4 is 14.8 Å². The van der Waals surface area contributed by atoms with Crippen molar-refractivity contribution in [2.24, 2.45) is 0 Å². The molecule has 0 aromatic heterocycles. The molecule has 0 fully saturated rings. The number of para-hydroxylation sites is 1. The van der Waals surface area contributed by atoms with Crippen molar-refractivity contribution in [1.82, 2.24) is 0 Å². The summed E-state index contributed by atoms with van der Waals surface area (Å²) in [6, 6.07) is 20.9. The van der Waals surface area contributed by atoms with Crippen molar-refractivity contribution in [2.75, 3.05) is 11.9 Å². The Morgan fingerprint density at radius 1 is 1.00 bits per heavy atom. The lowest BCUT2D eigenvalue weighted by Crippen LogP contribution is -2.07. The number of rotatable bonds is 9. The van der Waals surface area contributed by atoms with Gasteiger partial charge in [-0.15, -0.1) is 0 Å². The van der Waals surface area contributed by atoms with Gasteiger partial charge in [0.1, 0.15) is 6.61 Å². The number of ether oxygens (including phenoxy) is 2. The maximum Gasteiger partial charge on any atom is 0.335 e. The van der Waals surface area contributed by atoms with Crippen molar-refractivity contribution in [3.8, 4) is 11.5 Å². The standard InChI is InChI=1S/C24H25NO4/c1-3-28-22-11-7-10-20(23(22)29-16-18-8-5-4-6-9-18)15-25-21-13-12-19(24(26)27)14-17(21)2/h4-14,25H,3,15-16H2,1-2H3,(H,26,27). The Labute approximate surface area is 170 Å². The second kappa shape index (κ2) is 9.64. The molecule has 5 heteroatoms. The Hall–Kier alpha value is -3.47. The molecule has 5 nitrogen and oxygen atoms in total. The Morgan fingerprint density at radius 3 is 2.48 bits per heavy atom. The average Bonchev–Trinajstić information content (AvgIpc) is 2.73. The van der Waals surface area contributed by atoms with E-state index in [0.29, 0.717) is 31.3 Å². The Kier molecular flexibility index (Phi) is 6.74. The van der Waals surface area contributed by atoms with Crippen molar-refractivity contribution < 1.29 is 19.4 Å². The Bertz CT molecular complexity index is 970. The van der Waals surface area contributed by atoms with E-state index in [9.17, 15) is 4.79 Å². The van der Waals surface area contributed by atoms with Crippen molar-refractivity contribution in [2.45, 2.75) is 27.0 Å². The number of aromatic carboxylic acids is 1. The molecule has 3 aromatic rings. The van der Waals surface area contributed by atoms with Gasteiger partial charge in [-0.05, 0) is 49.2 Å². The maximum absolute atomic E-state index is 11.1. The third-order valence-corrected chi connectivity index (χ3v) is 4.53. The zero-order valence-electron chi connectivity index (χ0n) is 16.6. The predicted molar refractivity (Wildman–Crippen MR) is 114 cm³/mol. The summed E-state index contributed by atoms with van der Waals surface area (Å²) < 4.78 is 11.9. The number of hydrogen-bond donors (Lipinski definition) is 2. The van der Waals surface area contributed by atoms with Gasteiger partial charge in [0, 0.05) is 17.8 Å². The Morgan fingerprint density at radius 2 is 1.79 bits per heavy atom. The number of carboxylic acids is 1. The molecule has 0 aliphatic rings. The molecular weight excluding hydrogens is 366 g/mol. The van der Waals surface area contributed by atoms with Crippen LogP contribution in [-0.2, 0) is 13.2 Å². The predicted octanol–water partition coefficient (Wildman–Crippen LogP) is 5.28. The molecule has 0 amide bonds. The number of hydrogen-bond acceptors (Lipinski definition) is 4. The molecule has 0 aliphatic carbocycles. The lowest BCUT2D eigenvalue weighted by molar-refractivity contribution is 0.0697. The molecule has 3 aromatic carbocycles. The smallest absolute Gasteiger partial charge is 0.335 e. The highest BCUT2D eigenvalue weighted by atomic mass is 16.5. The number of carbonyl (C=O) groups is 1. The molecule has 0 heterocycles. The monoisotopic (exact) mass is 391 g/mol. The highest BCUT2D eigenvalue weighted by molar-refractivity contribution is 5.88. The van der Waals surface area contributed by atoms with Crippen LogP contribution in [0.15, 0.2) is 66.7 Å². The van der Waals surface area contributed by atoms with Crippen LogP contribution in [0.3, 0.4) is 0 Å². The first-order valence-electron chi connectivity index (χ1n) is 9.57. The zero-order chi connectivity index (χ0) is 20.6. The number of nitrogens with one attached hydrogen (secondary N) is 1. The van der Waals surface area contributed by atoms with Gasteiger partial charge in [0.05, 0.1) is 12.2 Å². The van der Waals surface area contributed by atoms with E-state index in [1.807, 2.05) is 62.4 Å². The van der Waals surface area contributed by atoms with Crippen LogP contribution >= 0.6 is 0 Å². The second-order valence-corrected chi connectivity index (χ2v) is 6.64. The molecule has 29 heavy (non-hydrogen) atoms. The summed E-state index contributed by atoms with van der Waals surface area (Å²) in [5, 5.41) is 12.5. The van der Waals surface area contributed by atoms with E-state index in [4.69, 9.17) is 14.6 Å². The molecule has 0 aliphatic heterocycles. The second-order valence-electron chi connectivity index (χ2n) is 6.64. The third kappa shape index (κ3) is 5.29. The average molecular weight is 391 g/mol. The van der Waals surface area contributed by atoms with Crippen LogP contribution in [0.2, 0.25) is 0 Å². The Balaban J connectivity index is 1.79. The molecule has 3 rings (SSSR count). The highest BCUT2D eigenvalue weighted by Crippen LogP contribution is 2.33. The largest absolute Gasteiger partial charge is 0.490 e. The molecule has 0 saturated heterocycles. The first kappa shape index (κ1) is 20.3. The summed E-state index contributed by atoms with van der Waals surface area (Å²) in [7, 11) is 0. The van der Waals surface area contributed by atoms with E-state index in [1.54, 1.807) is 18.2 Å². The lowest BCUT2D eigenvalue weighted by atomic mass is 10.1. The molecule has 0 atom stereocenters. The van der Waals surface area contributed by atoms with Gasteiger partial charge in [-0.25, -0.2) is 4.79 Å². The van der Waals surface area contributed by atoms with E-state index >= 15 is 0 Å². The van der Waals surface area contributed by atoms with Gasteiger partial charge < -0.3 is 19.9 Å². The fraction of sp³-hybridized carbons (Fsp3) is 0.208. The summed E-state index contributed by atoms with van der Waals surface area (Å²) in [4.78, 5) is 11.1. The minimum atomic E-state index is -0.930. The minimum Gasteiger partial charge on any atom is -0.490 e. The quantitative estimate of drug-likeness (QED) is 0.519. The minimum absolute atomic E-state index is 0.276. The lowest BCUT2D eigenvalue weighted by Gasteiger charge is -2.17. The molecule has 0 bridgehead atoms. The van der Waals surface area contributed by atoms with E-state index in [2.05, 4.69) is 5.32 Å². The highest BCUT2D eigenvalue weighted by Gasteiger charge is 2.12. The van der Waals surface area contributed by atoms with E-state index in [1.165, 1.54) is 0 Å². The van der Waals surface area contributed by atoms with Gasteiger partial charge in [0.2, 0.25) is 0 Å². The molecular formula is C24H25NO4. The van der Waals surface area contributed by atoms with Crippen LogP contribution in [0.25, 0.3) is 0 Å². The summed E-state index contributed by atoms with van der Waals surface area (Å²) in [5.74, 6) is 0.492. The first-order valence-corrected chi connectivity index (χ1v) is 9.57. The van der Waals surface area contributed by atoms with Gasteiger partial charge in [-0.1, -0.05) is 42.5 Å².